The highest BCUT2D eigenvalue weighted by atomic mass is 16.6. The third-order valence-corrected chi connectivity index (χ3v) is 1.82. The van der Waals surface area contributed by atoms with Crippen molar-refractivity contribution in [3.8, 4) is 0 Å². The molecule has 0 aromatic heterocycles. The molecule has 0 radical (unpaired) electrons. The number of carbonyl (C=O) groups excluding carboxylic acids is 2. The number of amides is 1. The summed E-state index contributed by atoms with van der Waals surface area (Å²) in [6.45, 7) is 5.00. The maximum absolute atomic E-state index is 11.4. The van der Waals surface area contributed by atoms with Gasteiger partial charge < -0.3 is 19.9 Å². The van der Waals surface area contributed by atoms with Gasteiger partial charge in [-0.25, -0.2) is 14.4 Å². The van der Waals surface area contributed by atoms with Crippen molar-refractivity contribution >= 4 is 18.0 Å². The van der Waals surface area contributed by atoms with E-state index in [0.29, 0.717) is 0 Å². The predicted molar refractivity (Wildman–Crippen MR) is 66.6 cm³/mol. The van der Waals surface area contributed by atoms with Crippen molar-refractivity contribution in [2.24, 2.45) is 0 Å². The van der Waals surface area contributed by atoms with Crippen LogP contribution in [0, 0.1) is 0 Å². The molecule has 0 fully saturated rings. The van der Waals surface area contributed by atoms with Crippen LogP contribution in [0.3, 0.4) is 0 Å². The van der Waals surface area contributed by atoms with Gasteiger partial charge in [0.05, 0.1) is 7.11 Å². The number of methoxy groups -OCH3 is 1. The van der Waals surface area contributed by atoms with Crippen molar-refractivity contribution in [2.75, 3.05) is 7.11 Å². The summed E-state index contributed by atoms with van der Waals surface area (Å²) in [4.78, 5) is 33.1. The lowest BCUT2D eigenvalue weighted by Gasteiger charge is -2.21. The molecule has 108 valence electrons. The first kappa shape index (κ1) is 16.9. The van der Waals surface area contributed by atoms with E-state index in [0.717, 1.165) is 6.08 Å². The van der Waals surface area contributed by atoms with Gasteiger partial charge in [0.1, 0.15) is 11.6 Å². The second kappa shape index (κ2) is 7.40. The van der Waals surface area contributed by atoms with Gasteiger partial charge in [0.15, 0.2) is 0 Å². The smallest absolute Gasteiger partial charge is 0.408 e. The third kappa shape index (κ3) is 8.64. The van der Waals surface area contributed by atoms with E-state index in [9.17, 15) is 14.4 Å². The molecule has 0 rings (SSSR count). The lowest BCUT2D eigenvalue weighted by Crippen LogP contribution is -2.43. The number of alkyl carbamates (subject to hydrolysis) is 1. The minimum atomic E-state index is -1.22. The van der Waals surface area contributed by atoms with E-state index in [-0.39, 0.29) is 6.42 Å². The van der Waals surface area contributed by atoms with Crippen LogP contribution in [-0.4, -0.2) is 41.9 Å². The van der Waals surface area contributed by atoms with Crippen molar-refractivity contribution in [1.82, 2.24) is 5.32 Å². The lowest BCUT2D eigenvalue weighted by atomic mass is 10.2. The number of carboxylic acids is 1. The maximum atomic E-state index is 11.4. The lowest BCUT2D eigenvalue weighted by molar-refractivity contribution is -0.139. The average molecular weight is 273 g/mol. The number of carboxylic acid groups (broad SMARTS) is 1. The zero-order valence-electron chi connectivity index (χ0n) is 11.4. The van der Waals surface area contributed by atoms with Crippen LogP contribution in [0.5, 0.6) is 0 Å². The van der Waals surface area contributed by atoms with Crippen molar-refractivity contribution in [3.63, 3.8) is 0 Å². The molecule has 1 amide bonds. The van der Waals surface area contributed by atoms with Crippen LogP contribution in [0.15, 0.2) is 12.2 Å². The molecule has 0 unspecified atom stereocenters. The van der Waals surface area contributed by atoms with Crippen LogP contribution in [0.1, 0.15) is 27.2 Å². The van der Waals surface area contributed by atoms with Gasteiger partial charge in [-0.1, -0.05) is 6.08 Å². The zero-order valence-corrected chi connectivity index (χ0v) is 11.4. The molecule has 19 heavy (non-hydrogen) atoms. The number of esters is 1. The number of hydrogen-bond donors (Lipinski definition) is 2. The Kier molecular flexibility index (Phi) is 6.60. The van der Waals surface area contributed by atoms with Gasteiger partial charge in [-0.05, 0) is 27.2 Å². The fraction of sp³-hybridized carbons (Fsp3) is 0.583. The minimum absolute atomic E-state index is 0.0519. The van der Waals surface area contributed by atoms with Crippen LogP contribution >= 0.6 is 0 Å². The van der Waals surface area contributed by atoms with E-state index >= 15 is 0 Å². The zero-order chi connectivity index (χ0) is 15.1. The van der Waals surface area contributed by atoms with E-state index in [4.69, 9.17) is 9.84 Å². The topological polar surface area (TPSA) is 102 Å². The van der Waals surface area contributed by atoms with Gasteiger partial charge in [-0.15, -0.1) is 0 Å². The Morgan fingerprint density at radius 2 is 1.89 bits per heavy atom. The SMILES string of the molecule is COC(=O)/C=C/C[C@H](NC(=O)OC(C)(C)C)C(=O)O. The van der Waals surface area contributed by atoms with Crippen LogP contribution in [0.2, 0.25) is 0 Å². The molecule has 7 heteroatoms. The molecule has 0 aliphatic carbocycles. The van der Waals surface area contributed by atoms with Crippen LogP contribution < -0.4 is 5.32 Å². The molecule has 0 bridgehead atoms. The van der Waals surface area contributed by atoms with E-state index in [1.165, 1.54) is 13.2 Å². The number of carbonyl (C=O) groups is 3. The molecule has 0 aliphatic heterocycles. The summed E-state index contributed by atoms with van der Waals surface area (Å²) in [5.41, 5.74) is -0.713. The van der Waals surface area contributed by atoms with Gasteiger partial charge in [0, 0.05) is 6.08 Å². The summed E-state index contributed by atoms with van der Waals surface area (Å²) in [5, 5.41) is 11.1. The molecule has 0 aromatic carbocycles. The fourth-order valence-corrected chi connectivity index (χ4v) is 1.04. The number of aliphatic carboxylic acids is 1. The van der Waals surface area contributed by atoms with Crippen molar-refractivity contribution in [2.45, 2.75) is 38.8 Å². The fourth-order valence-electron chi connectivity index (χ4n) is 1.04. The summed E-state index contributed by atoms with van der Waals surface area (Å²) in [6.07, 6.45) is 1.52. The van der Waals surface area contributed by atoms with E-state index in [1.54, 1.807) is 20.8 Å². The third-order valence-electron chi connectivity index (χ3n) is 1.82. The molecule has 0 saturated heterocycles. The first-order valence-corrected chi connectivity index (χ1v) is 5.62. The molecule has 2 N–H and O–H groups in total. The van der Waals surface area contributed by atoms with Gasteiger partial charge in [0.25, 0.3) is 0 Å². The molecule has 0 saturated carbocycles. The number of rotatable bonds is 5. The monoisotopic (exact) mass is 273 g/mol. The van der Waals surface area contributed by atoms with Crippen molar-refractivity contribution in [1.29, 1.82) is 0 Å². The van der Waals surface area contributed by atoms with Crippen LogP contribution in [0.4, 0.5) is 4.79 Å². The Morgan fingerprint density at radius 3 is 2.32 bits per heavy atom. The van der Waals surface area contributed by atoms with Gasteiger partial charge in [-0.2, -0.15) is 0 Å². The number of hydrogen-bond acceptors (Lipinski definition) is 5. The van der Waals surface area contributed by atoms with E-state index in [1.807, 2.05) is 0 Å². The summed E-state index contributed by atoms with van der Waals surface area (Å²) < 4.78 is 9.29. The standard InChI is InChI=1S/C12H19NO6/c1-12(2,3)19-11(17)13-8(10(15)16)6-5-7-9(14)18-4/h5,7-8H,6H2,1-4H3,(H,13,17)(H,15,16)/b7-5+/t8-/m0/s1. The second-order valence-corrected chi connectivity index (χ2v) is 4.70. The quantitative estimate of drug-likeness (QED) is 0.574. The highest BCUT2D eigenvalue weighted by molar-refractivity contribution is 5.82. The second-order valence-electron chi connectivity index (χ2n) is 4.70. The van der Waals surface area contributed by atoms with Crippen LogP contribution in [0.25, 0.3) is 0 Å². The Hall–Kier alpha value is -2.05. The van der Waals surface area contributed by atoms with E-state index < -0.39 is 29.7 Å². The van der Waals surface area contributed by atoms with Gasteiger partial charge in [-0.3, -0.25) is 0 Å². The number of nitrogens with one attached hydrogen (secondary N) is 1. The molecular weight excluding hydrogens is 254 g/mol. The maximum Gasteiger partial charge on any atom is 0.408 e. The Bertz CT molecular complexity index is 369. The van der Waals surface area contributed by atoms with E-state index in [2.05, 4.69) is 10.1 Å². The molecule has 1 atom stereocenters. The number of ether oxygens (including phenoxy) is 2. The molecule has 7 nitrogen and oxygen atoms in total. The van der Waals surface area contributed by atoms with Gasteiger partial charge >= 0.3 is 18.0 Å². The molecule has 0 aromatic rings. The first-order valence-electron chi connectivity index (χ1n) is 5.62. The first-order chi connectivity index (χ1) is 8.65. The molecule has 0 aliphatic rings. The van der Waals surface area contributed by atoms with Crippen molar-refractivity contribution in [3.05, 3.63) is 12.2 Å². The highest BCUT2D eigenvalue weighted by Crippen LogP contribution is 2.07. The Morgan fingerprint density at radius 1 is 1.32 bits per heavy atom. The largest absolute Gasteiger partial charge is 0.480 e. The summed E-state index contributed by atoms with van der Waals surface area (Å²) in [5.74, 6) is -1.82. The highest BCUT2D eigenvalue weighted by Gasteiger charge is 2.22. The summed E-state index contributed by atoms with van der Waals surface area (Å²) in [6, 6.07) is -1.17. The minimum Gasteiger partial charge on any atom is -0.480 e. The molecule has 0 spiro atoms. The molecule has 0 heterocycles. The average Bonchev–Trinajstić information content (AvgIpc) is 2.24. The van der Waals surface area contributed by atoms with Crippen LogP contribution in [-0.2, 0) is 19.1 Å². The van der Waals surface area contributed by atoms with Gasteiger partial charge in [0.2, 0.25) is 0 Å². The Labute approximate surface area is 111 Å². The normalized spacial score (nSPS) is 12.8. The van der Waals surface area contributed by atoms with Crippen molar-refractivity contribution < 1.29 is 29.0 Å². The summed E-state index contributed by atoms with van der Waals surface area (Å²) >= 11 is 0. The predicted octanol–water partition coefficient (Wildman–Crippen LogP) is 1.08. The summed E-state index contributed by atoms with van der Waals surface area (Å²) in [7, 11) is 1.21. The Balaban J connectivity index is 4.43. The molecular formula is C12H19NO6.